The van der Waals surface area contributed by atoms with Gasteiger partial charge in [-0.1, -0.05) is 13.8 Å². The van der Waals surface area contributed by atoms with Crippen LogP contribution >= 0.6 is 0 Å². The topological polar surface area (TPSA) is 46.3 Å². The van der Waals surface area contributed by atoms with Crippen molar-refractivity contribution >= 4 is 5.91 Å². The molecule has 2 N–H and O–H groups in total. The highest BCUT2D eigenvalue weighted by atomic mass is 19.4. The van der Waals surface area contributed by atoms with Crippen LogP contribution in [0.3, 0.4) is 0 Å². The quantitative estimate of drug-likeness (QED) is 0.816. The third-order valence-corrected chi connectivity index (χ3v) is 2.33. The first-order valence-electron chi connectivity index (χ1n) is 5.56. The molecule has 0 fully saturated rings. The molecule has 0 atom stereocenters. The van der Waals surface area contributed by atoms with Crippen LogP contribution in [0.25, 0.3) is 0 Å². The van der Waals surface area contributed by atoms with Crippen molar-refractivity contribution in [3.05, 3.63) is 0 Å². The Labute approximate surface area is 100 Å². The van der Waals surface area contributed by atoms with Crippen LogP contribution in [0, 0.1) is 11.3 Å². The van der Waals surface area contributed by atoms with Gasteiger partial charge < -0.3 is 10.6 Å². The average Bonchev–Trinajstić information content (AvgIpc) is 2.12. The maximum absolute atomic E-state index is 12.4. The molecule has 0 radical (unpaired) electrons. The minimum atomic E-state index is -4.38. The van der Waals surface area contributed by atoms with Gasteiger partial charge in [0.05, 0.1) is 5.41 Å². The number of rotatable bonds is 5. The zero-order valence-electron chi connectivity index (χ0n) is 10.8. The maximum atomic E-state index is 12.4. The Balaban J connectivity index is 4.86. The summed E-state index contributed by atoms with van der Waals surface area (Å²) in [6, 6.07) is 0. The van der Waals surface area contributed by atoms with Gasteiger partial charge in [-0.2, -0.15) is 13.2 Å². The van der Waals surface area contributed by atoms with Crippen molar-refractivity contribution in [2.24, 2.45) is 17.1 Å². The van der Waals surface area contributed by atoms with Gasteiger partial charge >= 0.3 is 6.18 Å². The summed E-state index contributed by atoms with van der Waals surface area (Å²) < 4.78 is 37.2. The fourth-order valence-electron chi connectivity index (χ4n) is 1.39. The molecule has 3 nitrogen and oxygen atoms in total. The molecule has 1 amide bonds. The van der Waals surface area contributed by atoms with Crippen LogP contribution in [0.2, 0.25) is 0 Å². The van der Waals surface area contributed by atoms with E-state index in [1.165, 1.54) is 0 Å². The van der Waals surface area contributed by atoms with Crippen LogP contribution in [0.4, 0.5) is 13.2 Å². The third-order valence-electron chi connectivity index (χ3n) is 2.33. The van der Waals surface area contributed by atoms with Crippen LogP contribution < -0.4 is 5.73 Å². The van der Waals surface area contributed by atoms with Gasteiger partial charge in [0.2, 0.25) is 5.91 Å². The van der Waals surface area contributed by atoms with E-state index in [-0.39, 0.29) is 19.0 Å². The summed E-state index contributed by atoms with van der Waals surface area (Å²) in [7, 11) is 0. The molecule has 0 aliphatic carbocycles. The summed E-state index contributed by atoms with van der Waals surface area (Å²) in [5, 5.41) is 0. The van der Waals surface area contributed by atoms with E-state index in [0.29, 0.717) is 0 Å². The monoisotopic (exact) mass is 254 g/mol. The second-order valence-corrected chi connectivity index (χ2v) is 5.28. The smallest absolute Gasteiger partial charge is 0.333 e. The van der Waals surface area contributed by atoms with Gasteiger partial charge in [0.15, 0.2) is 0 Å². The van der Waals surface area contributed by atoms with Crippen molar-refractivity contribution in [3.63, 3.8) is 0 Å². The maximum Gasteiger partial charge on any atom is 0.406 e. The van der Waals surface area contributed by atoms with Crippen LogP contribution in [0.5, 0.6) is 0 Å². The van der Waals surface area contributed by atoms with Crippen LogP contribution in [-0.2, 0) is 4.79 Å². The highest BCUT2D eigenvalue weighted by Crippen LogP contribution is 2.23. The minimum absolute atomic E-state index is 0.0186. The van der Waals surface area contributed by atoms with E-state index in [1.807, 2.05) is 0 Å². The van der Waals surface area contributed by atoms with Crippen molar-refractivity contribution in [1.29, 1.82) is 0 Å². The highest BCUT2D eigenvalue weighted by Gasteiger charge is 2.38. The minimum Gasteiger partial charge on any atom is -0.333 e. The number of hydrogen-bond acceptors (Lipinski definition) is 2. The first-order chi connectivity index (χ1) is 7.49. The molecule has 0 bridgehead atoms. The molecule has 0 saturated carbocycles. The fraction of sp³-hybridized carbons (Fsp3) is 0.909. The van der Waals surface area contributed by atoms with E-state index in [0.717, 1.165) is 4.90 Å². The largest absolute Gasteiger partial charge is 0.406 e. The van der Waals surface area contributed by atoms with Crippen molar-refractivity contribution in [3.8, 4) is 0 Å². The summed E-state index contributed by atoms with van der Waals surface area (Å²) in [5.41, 5.74) is 4.45. The second-order valence-electron chi connectivity index (χ2n) is 5.28. The van der Waals surface area contributed by atoms with E-state index >= 15 is 0 Å². The Hall–Kier alpha value is -0.780. The zero-order chi connectivity index (χ0) is 13.9. The molecule has 0 aromatic heterocycles. The van der Waals surface area contributed by atoms with Gasteiger partial charge in [-0.3, -0.25) is 4.79 Å². The molecule has 0 aromatic carbocycles. The van der Waals surface area contributed by atoms with Gasteiger partial charge in [-0.15, -0.1) is 0 Å². The van der Waals surface area contributed by atoms with Crippen LogP contribution in [-0.4, -0.2) is 36.6 Å². The van der Waals surface area contributed by atoms with Crippen molar-refractivity contribution in [2.75, 3.05) is 19.6 Å². The van der Waals surface area contributed by atoms with Gasteiger partial charge in [-0.25, -0.2) is 0 Å². The molecular weight excluding hydrogens is 233 g/mol. The standard InChI is InChI=1S/C11H21F3N2O/c1-8(2)5-16(7-11(12,13)14)9(17)10(3,4)6-15/h8H,5-7,15H2,1-4H3. The van der Waals surface area contributed by atoms with Gasteiger partial charge in [0.1, 0.15) is 6.54 Å². The molecule has 0 aliphatic heterocycles. The molecule has 0 saturated heterocycles. The summed E-state index contributed by atoms with van der Waals surface area (Å²) in [6.07, 6.45) is -4.38. The Morgan fingerprint density at radius 2 is 1.76 bits per heavy atom. The lowest BCUT2D eigenvalue weighted by Gasteiger charge is -2.32. The van der Waals surface area contributed by atoms with Crippen LogP contribution in [0.15, 0.2) is 0 Å². The van der Waals surface area contributed by atoms with E-state index in [1.54, 1.807) is 27.7 Å². The third kappa shape index (κ3) is 5.91. The van der Waals surface area contributed by atoms with E-state index in [4.69, 9.17) is 5.73 Å². The number of amides is 1. The summed E-state index contributed by atoms with van der Waals surface area (Å²) in [6.45, 7) is 5.55. The first kappa shape index (κ1) is 16.2. The highest BCUT2D eigenvalue weighted by molar-refractivity contribution is 5.82. The van der Waals surface area contributed by atoms with E-state index < -0.39 is 24.0 Å². The number of carbonyl (C=O) groups is 1. The lowest BCUT2D eigenvalue weighted by atomic mass is 9.91. The molecule has 0 heterocycles. The predicted molar refractivity (Wildman–Crippen MR) is 60.3 cm³/mol. The number of nitrogens with zero attached hydrogens (tertiary/aromatic N) is 1. The molecule has 102 valence electrons. The molecule has 0 aliphatic rings. The average molecular weight is 254 g/mol. The summed E-state index contributed by atoms with van der Waals surface area (Å²) in [5.74, 6) is -0.569. The molecule has 0 aromatic rings. The molecular formula is C11H21F3N2O. The van der Waals surface area contributed by atoms with Gasteiger partial charge in [0.25, 0.3) is 0 Å². The lowest BCUT2D eigenvalue weighted by molar-refractivity contribution is -0.167. The number of hydrogen-bond donors (Lipinski definition) is 1. The van der Waals surface area contributed by atoms with Crippen molar-refractivity contribution in [2.45, 2.75) is 33.9 Å². The predicted octanol–water partition coefficient (Wildman–Crippen LogP) is 2.02. The number of nitrogens with two attached hydrogens (primary N) is 1. The molecule has 0 unspecified atom stereocenters. The van der Waals surface area contributed by atoms with Crippen molar-refractivity contribution in [1.82, 2.24) is 4.90 Å². The molecule has 17 heavy (non-hydrogen) atoms. The van der Waals surface area contributed by atoms with Gasteiger partial charge in [-0.05, 0) is 19.8 Å². The Bertz CT molecular complexity index is 262. The number of carbonyl (C=O) groups excluding carboxylic acids is 1. The second kappa shape index (κ2) is 5.71. The molecule has 0 spiro atoms. The van der Waals surface area contributed by atoms with Gasteiger partial charge in [0, 0.05) is 13.1 Å². The van der Waals surface area contributed by atoms with E-state index in [9.17, 15) is 18.0 Å². The zero-order valence-corrected chi connectivity index (χ0v) is 10.8. The van der Waals surface area contributed by atoms with Crippen molar-refractivity contribution < 1.29 is 18.0 Å². The fourth-order valence-corrected chi connectivity index (χ4v) is 1.39. The van der Waals surface area contributed by atoms with Crippen LogP contribution in [0.1, 0.15) is 27.7 Å². The summed E-state index contributed by atoms with van der Waals surface area (Å²) >= 11 is 0. The number of alkyl halides is 3. The number of halogens is 3. The molecule has 6 heteroatoms. The van der Waals surface area contributed by atoms with E-state index in [2.05, 4.69) is 0 Å². The molecule has 0 rings (SSSR count). The Morgan fingerprint density at radius 1 is 1.29 bits per heavy atom. The Morgan fingerprint density at radius 3 is 2.06 bits per heavy atom. The lowest BCUT2D eigenvalue weighted by Crippen LogP contribution is -2.49. The Kier molecular flexibility index (Phi) is 5.45. The first-order valence-corrected chi connectivity index (χ1v) is 5.56. The SMILES string of the molecule is CC(C)CN(CC(F)(F)F)C(=O)C(C)(C)CN. The summed E-state index contributed by atoms with van der Waals surface area (Å²) in [4.78, 5) is 12.8. The normalized spacial score (nSPS) is 13.0.